The molecule has 2 aromatic rings. The van der Waals surface area contributed by atoms with Crippen LogP contribution in [0.15, 0.2) is 12.3 Å². The smallest absolute Gasteiger partial charge is 0.394 e. The van der Waals surface area contributed by atoms with Crippen LogP contribution in [-0.4, -0.2) is 26.3 Å². The van der Waals surface area contributed by atoms with Crippen molar-refractivity contribution in [1.82, 2.24) is 14.6 Å². The fourth-order valence-electron chi connectivity index (χ4n) is 1.46. The fourth-order valence-corrected chi connectivity index (χ4v) is 1.71. The SMILES string of the molecule is NC(CO)c1nnc2c(Cl)cc(C(F)(F)F)cn12. The molecule has 0 aliphatic carbocycles. The van der Waals surface area contributed by atoms with Gasteiger partial charge in [-0.15, -0.1) is 10.2 Å². The van der Waals surface area contributed by atoms with E-state index >= 15 is 0 Å². The summed E-state index contributed by atoms with van der Waals surface area (Å²) in [5.74, 6) is 0.0144. The van der Waals surface area contributed by atoms with Crippen LogP contribution in [0.4, 0.5) is 13.2 Å². The molecule has 0 saturated heterocycles. The van der Waals surface area contributed by atoms with Gasteiger partial charge >= 0.3 is 6.18 Å². The molecule has 0 fully saturated rings. The number of rotatable bonds is 2. The lowest BCUT2D eigenvalue weighted by Gasteiger charge is -2.10. The van der Waals surface area contributed by atoms with Gasteiger partial charge in [-0.3, -0.25) is 4.40 Å². The van der Waals surface area contributed by atoms with E-state index in [1.807, 2.05) is 0 Å². The highest BCUT2D eigenvalue weighted by molar-refractivity contribution is 6.33. The predicted molar refractivity (Wildman–Crippen MR) is 57.0 cm³/mol. The normalized spacial score (nSPS) is 14.1. The maximum atomic E-state index is 12.6. The molecular weight excluding hydrogens is 273 g/mol. The van der Waals surface area contributed by atoms with Gasteiger partial charge in [-0.2, -0.15) is 13.2 Å². The monoisotopic (exact) mass is 280 g/mol. The van der Waals surface area contributed by atoms with Crippen molar-refractivity contribution in [2.75, 3.05) is 6.61 Å². The van der Waals surface area contributed by atoms with Gasteiger partial charge in [-0.25, -0.2) is 0 Å². The fraction of sp³-hybridized carbons (Fsp3) is 0.333. The molecule has 0 saturated carbocycles. The van der Waals surface area contributed by atoms with Gasteiger partial charge in [-0.1, -0.05) is 11.6 Å². The number of nitrogens with two attached hydrogens (primary N) is 1. The van der Waals surface area contributed by atoms with E-state index < -0.39 is 24.4 Å². The van der Waals surface area contributed by atoms with Crippen LogP contribution in [0.5, 0.6) is 0 Å². The van der Waals surface area contributed by atoms with Crippen molar-refractivity contribution < 1.29 is 18.3 Å². The molecule has 98 valence electrons. The Bertz CT molecular complexity index is 583. The van der Waals surface area contributed by atoms with E-state index in [0.29, 0.717) is 0 Å². The summed E-state index contributed by atoms with van der Waals surface area (Å²) in [5, 5.41) is 16.0. The molecule has 2 rings (SSSR count). The van der Waals surface area contributed by atoms with E-state index in [1.165, 1.54) is 0 Å². The summed E-state index contributed by atoms with van der Waals surface area (Å²) in [6.07, 6.45) is -3.74. The molecule has 0 aliphatic rings. The zero-order valence-corrected chi connectivity index (χ0v) is 9.57. The van der Waals surface area contributed by atoms with Crippen molar-refractivity contribution in [3.05, 3.63) is 28.7 Å². The van der Waals surface area contributed by atoms with Crippen molar-refractivity contribution in [2.24, 2.45) is 5.73 Å². The van der Waals surface area contributed by atoms with Crippen molar-refractivity contribution in [1.29, 1.82) is 0 Å². The first kappa shape index (κ1) is 13.1. The number of aliphatic hydroxyl groups excluding tert-OH is 1. The lowest BCUT2D eigenvalue weighted by molar-refractivity contribution is -0.137. The molecule has 0 aromatic carbocycles. The van der Waals surface area contributed by atoms with E-state index in [1.54, 1.807) is 0 Å². The van der Waals surface area contributed by atoms with Crippen LogP contribution in [0.3, 0.4) is 0 Å². The van der Waals surface area contributed by atoms with Gasteiger partial charge in [0.25, 0.3) is 0 Å². The van der Waals surface area contributed by atoms with E-state index in [2.05, 4.69) is 10.2 Å². The summed E-state index contributed by atoms with van der Waals surface area (Å²) in [7, 11) is 0. The van der Waals surface area contributed by atoms with Crippen molar-refractivity contribution in [2.45, 2.75) is 12.2 Å². The maximum absolute atomic E-state index is 12.6. The van der Waals surface area contributed by atoms with Gasteiger partial charge in [0.15, 0.2) is 11.5 Å². The Morgan fingerprint density at radius 3 is 2.67 bits per heavy atom. The third-order valence-electron chi connectivity index (χ3n) is 2.34. The van der Waals surface area contributed by atoms with E-state index in [9.17, 15) is 13.2 Å². The Labute approximate surface area is 104 Å². The van der Waals surface area contributed by atoms with Crippen molar-refractivity contribution >= 4 is 17.2 Å². The highest BCUT2D eigenvalue weighted by Gasteiger charge is 2.32. The number of aromatic nitrogens is 3. The average molecular weight is 281 g/mol. The Kier molecular flexibility index (Phi) is 3.18. The van der Waals surface area contributed by atoms with Crippen LogP contribution in [0.25, 0.3) is 5.65 Å². The number of fused-ring (bicyclic) bond motifs is 1. The molecule has 3 N–H and O–H groups in total. The summed E-state index contributed by atoms with van der Waals surface area (Å²) in [6.45, 7) is -0.464. The second-order valence-electron chi connectivity index (χ2n) is 3.62. The molecule has 2 aromatic heterocycles. The average Bonchev–Trinajstić information content (AvgIpc) is 2.71. The molecule has 2 heterocycles. The third kappa shape index (κ3) is 2.14. The topological polar surface area (TPSA) is 76.4 Å². The minimum absolute atomic E-state index is 0.0144. The molecule has 18 heavy (non-hydrogen) atoms. The molecule has 9 heteroatoms. The van der Waals surface area contributed by atoms with Crippen LogP contribution in [0, 0.1) is 0 Å². The first-order chi connectivity index (χ1) is 8.34. The van der Waals surface area contributed by atoms with Crippen LogP contribution in [0.2, 0.25) is 5.02 Å². The summed E-state index contributed by atoms with van der Waals surface area (Å²) < 4.78 is 38.9. The van der Waals surface area contributed by atoms with Crippen LogP contribution in [-0.2, 0) is 6.18 Å². The molecule has 0 aliphatic heterocycles. The van der Waals surface area contributed by atoms with E-state index in [-0.39, 0.29) is 16.5 Å². The van der Waals surface area contributed by atoms with Gasteiger partial charge in [0.1, 0.15) is 0 Å². The minimum Gasteiger partial charge on any atom is -0.394 e. The quantitative estimate of drug-likeness (QED) is 0.872. The Morgan fingerprint density at radius 1 is 1.44 bits per heavy atom. The van der Waals surface area contributed by atoms with Crippen molar-refractivity contribution in [3.8, 4) is 0 Å². The van der Waals surface area contributed by atoms with Crippen molar-refractivity contribution in [3.63, 3.8) is 0 Å². The number of halogens is 4. The molecule has 5 nitrogen and oxygen atoms in total. The zero-order valence-electron chi connectivity index (χ0n) is 8.82. The summed E-state index contributed by atoms with van der Waals surface area (Å²) in [4.78, 5) is 0. The molecule has 1 unspecified atom stereocenters. The van der Waals surface area contributed by atoms with Gasteiger partial charge < -0.3 is 10.8 Å². The van der Waals surface area contributed by atoms with Gasteiger partial charge in [-0.05, 0) is 6.07 Å². The van der Waals surface area contributed by atoms with Crippen LogP contribution in [0.1, 0.15) is 17.4 Å². The Balaban J connectivity index is 2.68. The summed E-state index contributed by atoms with van der Waals surface area (Å²) in [6, 6.07) is -0.167. The summed E-state index contributed by atoms with van der Waals surface area (Å²) >= 11 is 5.70. The number of aliphatic hydroxyl groups is 1. The standard InChI is InChI=1S/C9H8ClF3N4O/c10-5-1-4(9(11,12)13)2-17-7(5)15-16-8(17)6(14)3-18/h1-2,6,18H,3,14H2. The van der Waals surface area contributed by atoms with Crippen LogP contribution >= 0.6 is 11.6 Å². The number of nitrogens with zero attached hydrogens (tertiary/aromatic N) is 3. The molecule has 0 bridgehead atoms. The lowest BCUT2D eigenvalue weighted by atomic mass is 10.2. The number of hydrogen-bond acceptors (Lipinski definition) is 4. The lowest BCUT2D eigenvalue weighted by Crippen LogP contribution is -2.18. The van der Waals surface area contributed by atoms with Gasteiger partial charge in [0, 0.05) is 6.20 Å². The molecule has 1 atom stereocenters. The predicted octanol–water partition coefficient (Wildman–Crippen LogP) is 1.39. The second-order valence-corrected chi connectivity index (χ2v) is 4.02. The minimum atomic E-state index is -4.54. The maximum Gasteiger partial charge on any atom is 0.417 e. The molecule has 0 spiro atoms. The summed E-state index contributed by atoms with van der Waals surface area (Å²) in [5.41, 5.74) is 4.64. The molecule has 0 amide bonds. The Hall–Kier alpha value is -1.38. The van der Waals surface area contributed by atoms with E-state index in [4.69, 9.17) is 22.4 Å². The van der Waals surface area contributed by atoms with Crippen LogP contribution < -0.4 is 5.73 Å². The zero-order chi connectivity index (χ0) is 13.5. The molecular formula is C9H8ClF3N4O. The van der Waals surface area contributed by atoms with E-state index in [0.717, 1.165) is 16.7 Å². The Morgan fingerprint density at radius 2 is 2.11 bits per heavy atom. The number of hydrogen-bond donors (Lipinski definition) is 2. The first-order valence-corrected chi connectivity index (χ1v) is 5.20. The highest BCUT2D eigenvalue weighted by Crippen LogP contribution is 2.32. The second kappa shape index (κ2) is 4.38. The first-order valence-electron chi connectivity index (χ1n) is 4.82. The number of pyridine rings is 1. The van der Waals surface area contributed by atoms with Gasteiger partial charge in [0.05, 0.1) is 23.2 Å². The third-order valence-corrected chi connectivity index (χ3v) is 2.62. The highest BCUT2D eigenvalue weighted by atomic mass is 35.5. The number of alkyl halides is 3. The van der Waals surface area contributed by atoms with Gasteiger partial charge in [0.2, 0.25) is 0 Å². The molecule has 0 radical (unpaired) electrons. The largest absolute Gasteiger partial charge is 0.417 e.